The molecular formula is C22H33N3O3. The molecule has 28 heavy (non-hydrogen) atoms. The third-order valence-corrected chi connectivity index (χ3v) is 6.70. The Bertz CT molecular complexity index is 699. The third kappa shape index (κ3) is 4.84. The van der Waals surface area contributed by atoms with Crippen molar-refractivity contribution >= 4 is 5.91 Å². The molecule has 1 aliphatic carbocycles. The van der Waals surface area contributed by atoms with Crippen LogP contribution in [0.4, 0.5) is 0 Å². The molecule has 3 heterocycles. The van der Waals surface area contributed by atoms with Crippen LogP contribution in [0.3, 0.4) is 0 Å². The van der Waals surface area contributed by atoms with Gasteiger partial charge in [-0.2, -0.15) is 0 Å². The van der Waals surface area contributed by atoms with E-state index in [1.807, 2.05) is 4.90 Å². The van der Waals surface area contributed by atoms with E-state index in [1.165, 1.54) is 31.7 Å². The van der Waals surface area contributed by atoms with E-state index in [1.54, 1.807) is 12.1 Å². The number of aromatic amines is 1. The molecule has 0 bridgehead atoms. The number of pyridine rings is 1. The Labute approximate surface area is 167 Å². The van der Waals surface area contributed by atoms with Crippen LogP contribution < -0.4 is 5.56 Å². The summed E-state index contributed by atoms with van der Waals surface area (Å²) < 4.78 is 5.79. The maximum Gasteiger partial charge on any atom is 0.270 e. The second-order valence-electron chi connectivity index (χ2n) is 8.69. The predicted octanol–water partition coefficient (Wildman–Crippen LogP) is 2.65. The molecule has 1 N–H and O–H groups in total. The number of nitrogens with zero attached hydrogens (tertiary/aromatic N) is 2. The number of carbonyl (C=O) groups is 1. The van der Waals surface area contributed by atoms with Gasteiger partial charge in [-0.15, -0.1) is 0 Å². The van der Waals surface area contributed by atoms with Crippen molar-refractivity contribution in [2.75, 3.05) is 32.8 Å². The lowest BCUT2D eigenvalue weighted by Gasteiger charge is -2.38. The number of likely N-dealkylation sites (tertiary alicyclic amines) is 1. The molecule has 0 aromatic carbocycles. The smallest absolute Gasteiger partial charge is 0.270 e. The Morgan fingerprint density at radius 1 is 1.07 bits per heavy atom. The highest BCUT2D eigenvalue weighted by Crippen LogP contribution is 2.28. The summed E-state index contributed by atoms with van der Waals surface area (Å²) in [6, 6.07) is 5.59. The zero-order valence-electron chi connectivity index (χ0n) is 16.8. The second kappa shape index (κ2) is 9.23. The van der Waals surface area contributed by atoms with Crippen LogP contribution in [0.5, 0.6) is 0 Å². The van der Waals surface area contributed by atoms with E-state index < -0.39 is 0 Å². The van der Waals surface area contributed by atoms with Crippen LogP contribution >= 0.6 is 0 Å². The van der Waals surface area contributed by atoms with Gasteiger partial charge in [0.15, 0.2) is 0 Å². The molecule has 1 unspecified atom stereocenters. The lowest BCUT2D eigenvalue weighted by atomic mass is 9.94. The number of aromatic nitrogens is 1. The SMILES string of the molecule is O=C(c1cccc(=O)[nH]1)N(CC1CCN(C2CCCC2)CC1)CC1CCCO1. The molecule has 6 heteroatoms. The van der Waals surface area contributed by atoms with Crippen LogP contribution in [0.1, 0.15) is 61.9 Å². The maximum atomic E-state index is 13.1. The molecule has 1 amide bonds. The van der Waals surface area contributed by atoms with Crippen LogP contribution in [0.2, 0.25) is 0 Å². The Kier molecular flexibility index (Phi) is 6.47. The minimum absolute atomic E-state index is 0.0774. The van der Waals surface area contributed by atoms with Gasteiger partial charge in [-0.25, -0.2) is 0 Å². The molecule has 2 aliphatic heterocycles. The first kappa shape index (κ1) is 19.6. The average Bonchev–Trinajstić information content (AvgIpc) is 3.42. The lowest BCUT2D eigenvalue weighted by molar-refractivity contribution is 0.0425. The van der Waals surface area contributed by atoms with Gasteiger partial charge in [0.05, 0.1) is 6.10 Å². The molecule has 2 saturated heterocycles. The topological polar surface area (TPSA) is 65.6 Å². The summed E-state index contributed by atoms with van der Waals surface area (Å²) in [5.41, 5.74) is 0.154. The molecule has 1 atom stereocenters. The van der Waals surface area contributed by atoms with Crippen LogP contribution in [0.15, 0.2) is 23.0 Å². The van der Waals surface area contributed by atoms with Crippen molar-refractivity contribution in [1.82, 2.24) is 14.8 Å². The molecule has 0 spiro atoms. The fourth-order valence-electron chi connectivity index (χ4n) is 5.10. The highest BCUT2D eigenvalue weighted by Gasteiger charge is 2.30. The quantitative estimate of drug-likeness (QED) is 0.815. The number of hydrogen-bond acceptors (Lipinski definition) is 4. The van der Waals surface area contributed by atoms with Crippen molar-refractivity contribution in [3.63, 3.8) is 0 Å². The first-order chi connectivity index (χ1) is 13.7. The summed E-state index contributed by atoms with van der Waals surface area (Å²) in [6.45, 7) is 4.47. The Hall–Kier alpha value is -1.66. The van der Waals surface area contributed by atoms with Crippen molar-refractivity contribution in [3.8, 4) is 0 Å². The van der Waals surface area contributed by atoms with Crippen LogP contribution in [0.25, 0.3) is 0 Å². The van der Waals surface area contributed by atoms with Crippen molar-refractivity contribution in [2.24, 2.45) is 5.92 Å². The van der Waals surface area contributed by atoms with Crippen molar-refractivity contribution in [2.45, 2.75) is 63.5 Å². The van der Waals surface area contributed by atoms with Gasteiger partial charge in [0.2, 0.25) is 5.56 Å². The second-order valence-corrected chi connectivity index (χ2v) is 8.69. The van der Waals surface area contributed by atoms with Crippen LogP contribution in [-0.4, -0.2) is 65.6 Å². The van der Waals surface area contributed by atoms with Crippen molar-refractivity contribution < 1.29 is 9.53 Å². The number of rotatable bonds is 6. The maximum absolute atomic E-state index is 13.1. The van der Waals surface area contributed by atoms with Crippen molar-refractivity contribution in [1.29, 1.82) is 0 Å². The Morgan fingerprint density at radius 3 is 2.54 bits per heavy atom. The van der Waals surface area contributed by atoms with E-state index in [0.717, 1.165) is 58.0 Å². The van der Waals surface area contributed by atoms with E-state index in [0.29, 0.717) is 18.2 Å². The predicted molar refractivity (Wildman–Crippen MR) is 108 cm³/mol. The summed E-state index contributed by atoms with van der Waals surface area (Å²) in [4.78, 5) is 32.1. The Balaban J connectivity index is 1.39. The van der Waals surface area contributed by atoms with E-state index in [-0.39, 0.29) is 17.6 Å². The monoisotopic (exact) mass is 387 g/mol. The minimum Gasteiger partial charge on any atom is -0.376 e. The van der Waals surface area contributed by atoms with Crippen LogP contribution in [-0.2, 0) is 4.74 Å². The molecule has 1 aromatic heterocycles. The number of piperidine rings is 1. The van der Waals surface area contributed by atoms with Crippen molar-refractivity contribution in [3.05, 3.63) is 34.2 Å². The van der Waals surface area contributed by atoms with Gasteiger partial charge in [-0.3, -0.25) is 9.59 Å². The van der Waals surface area contributed by atoms with Gasteiger partial charge >= 0.3 is 0 Å². The fourth-order valence-corrected chi connectivity index (χ4v) is 5.10. The summed E-state index contributed by atoms with van der Waals surface area (Å²) in [6.07, 6.45) is 9.97. The first-order valence-electron chi connectivity index (χ1n) is 11.0. The number of hydrogen-bond donors (Lipinski definition) is 1. The van der Waals surface area contributed by atoms with Gasteiger partial charge in [0.25, 0.3) is 5.91 Å². The van der Waals surface area contributed by atoms with E-state index in [9.17, 15) is 9.59 Å². The fraction of sp³-hybridized carbons (Fsp3) is 0.727. The zero-order chi connectivity index (χ0) is 19.3. The zero-order valence-corrected chi connectivity index (χ0v) is 16.8. The van der Waals surface area contributed by atoms with Crippen LogP contribution in [0, 0.1) is 5.92 Å². The van der Waals surface area contributed by atoms with Gasteiger partial charge in [-0.1, -0.05) is 18.9 Å². The normalized spacial score (nSPS) is 24.6. The minimum atomic E-state index is -0.229. The van der Waals surface area contributed by atoms with E-state index >= 15 is 0 Å². The number of H-pyrrole nitrogens is 1. The van der Waals surface area contributed by atoms with Gasteiger partial charge in [0, 0.05) is 31.8 Å². The van der Waals surface area contributed by atoms with Gasteiger partial charge < -0.3 is 19.5 Å². The van der Waals surface area contributed by atoms with Gasteiger partial charge in [0.1, 0.15) is 5.69 Å². The van der Waals surface area contributed by atoms with E-state index in [4.69, 9.17) is 4.74 Å². The number of carbonyl (C=O) groups excluding carboxylic acids is 1. The average molecular weight is 388 g/mol. The summed E-state index contributed by atoms with van der Waals surface area (Å²) >= 11 is 0. The molecule has 3 fully saturated rings. The summed E-state index contributed by atoms with van der Waals surface area (Å²) in [5, 5.41) is 0. The number of amides is 1. The number of ether oxygens (including phenoxy) is 1. The molecule has 4 rings (SSSR count). The first-order valence-corrected chi connectivity index (χ1v) is 11.0. The highest BCUT2D eigenvalue weighted by atomic mass is 16.5. The standard InChI is InChI=1S/C22H33N3O3/c26-21-9-3-8-20(23-21)22(27)25(16-19-7-4-14-28-19)15-17-10-12-24(13-11-17)18-5-1-2-6-18/h3,8-9,17-19H,1-2,4-7,10-16H2,(H,23,26). The molecular weight excluding hydrogens is 354 g/mol. The lowest BCUT2D eigenvalue weighted by Crippen LogP contribution is -2.45. The number of nitrogens with one attached hydrogen (secondary N) is 1. The van der Waals surface area contributed by atoms with E-state index in [2.05, 4.69) is 9.88 Å². The highest BCUT2D eigenvalue weighted by molar-refractivity contribution is 5.92. The summed E-state index contributed by atoms with van der Waals surface area (Å²) in [7, 11) is 0. The molecule has 3 aliphatic rings. The molecule has 6 nitrogen and oxygen atoms in total. The molecule has 0 radical (unpaired) electrons. The third-order valence-electron chi connectivity index (χ3n) is 6.70. The molecule has 1 saturated carbocycles. The molecule has 154 valence electrons. The molecule has 1 aromatic rings. The summed E-state index contributed by atoms with van der Waals surface area (Å²) in [5.74, 6) is 0.449. The largest absolute Gasteiger partial charge is 0.376 e. The van der Waals surface area contributed by atoms with Gasteiger partial charge in [-0.05, 0) is 63.6 Å². The Morgan fingerprint density at radius 2 is 1.86 bits per heavy atom.